The van der Waals surface area contributed by atoms with Gasteiger partial charge in [-0.15, -0.1) is 11.3 Å². The first-order valence-electron chi connectivity index (χ1n) is 9.66. The average molecular weight is 447 g/mol. The predicted molar refractivity (Wildman–Crippen MR) is 114 cm³/mol. The van der Waals surface area contributed by atoms with E-state index in [2.05, 4.69) is 10.6 Å². The van der Waals surface area contributed by atoms with Crippen molar-refractivity contribution in [2.24, 2.45) is 5.92 Å². The zero-order valence-corrected chi connectivity index (χ0v) is 18.1. The first kappa shape index (κ1) is 22.4. The van der Waals surface area contributed by atoms with E-state index in [1.165, 1.54) is 30.1 Å². The highest BCUT2D eigenvalue weighted by Gasteiger charge is 2.37. The molecular weight excluding hydrogens is 425 g/mol. The van der Waals surface area contributed by atoms with Gasteiger partial charge in [0.1, 0.15) is 10.8 Å². The molecule has 1 atom stereocenters. The van der Waals surface area contributed by atoms with Crippen molar-refractivity contribution in [3.05, 3.63) is 46.1 Å². The molecule has 0 unspecified atom stereocenters. The summed E-state index contributed by atoms with van der Waals surface area (Å²) in [5.74, 6) is -3.21. The molecule has 164 valence electrons. The van der Waals surface area contributed by atoms with Crippen LogP contribution in [0.4, 0.5) is 15.1 Å². The van der Waals surface area contributed by atoms with Crippen LogP contribution in [0.1, 0.15) is 38.9 Å². The van der Waals surface area contributed by atoms with Gasteiger partial charge in [0.15, 0.2) is 0 Å². The van der Waals surface area contributed by atoms with E-state index >= 15 is 0 Å². The zero-order valence-electron chi connectivity index (χ0n) is 17.3. The van der Waals surface area contributed by atoms with E-state index in [0.717, 1.165) is 11.3 Å². The van der Waals surface area contributed by atoms with Crippen LogP contribution in [0.15, 0.2) is 24.3 Å². The number of carbonyl (C=O) groups excluding carboxylic acids is 4. The van der Waals surface area contributed by atoms with Gasteiger partial charge in [0.25, 0.3) is 5.91 Å². The monoisotopic (exact) mass is 447 g/mol. The number of benzene rings is 1. The Kier molecular flexibility index (Phi) is 6.69. The Hall–Kier alpha value is -3.27. The first-order valence-corrected chi connectivity index (χ1v) is 10.5. The number of thiophene rings is 1. The number of esters is 1. The lowest BCUT2D eigenvalue weighted by atomic mass is 10.1. The third-order valence-corrected chi connectivity index (χ3v) is 6.14. The molecule has 0 radical (unpaired) electrons. The summed E-state index contributed by atoms with van der Waals surface area (Å²) in [5.41, 5.74) is 0.617. The van der Waals surface area contributed by atoms with Crippen molar-refractivity contribution < 1.29 is 28.3 Å². The van der Waals surface area contributed by atoms with Gasteiger partial charge in [-0.05, 0) is 31.5 Å². The van der Waals surface area contributed by atoms with Crippen molar-refractivity contribution in [1.82, 2.24) is 5.32 Å². The molecule has 2 aromatic rings. The Balaban J connectivity index is 1.84. The summed E-state index contributed by atoms with van der Waals surface area (Å²) >= 11 is 0.957. The van der Waals surface area contributed by atoms with Crippen molar-refractivity contribution in [3.63, 3.8) is 0 Å². The molecule has 0 bridgehead atoms. The maximum atomic E-state index is 14.1. The number of carbonyl (C=O) groups is 4. The third-order valence-electron chi connectivity index (χ3n) is 4.94. The van der Waals surface area contributed by atoms with Crippen LogP contribution < -0.4 is 15.5 Å². The molecule has 3 amide bonds. The van der Waals surface area contributed by atoms with Gasteiger partial charge >= 0.3 is 5.97 Å². The number of nitrogens with one attached hydrogen (secondary N) is 2. The molecule has 8 nitrogen and oxygen atoms in total. The van der Waals surface area contributed by atoms with Crippen molar-refractivity contribution in [3.8, 4) is 0 Å². The lowest BCUT2D eigenvalue weighted by Crippen LogP contribution is -2.28. The summed E-state index contributed by atoms with van der Waals surface area (Å²) < 4.78 is 19.1. The van der Waals surface area contributed by atoms with Gasteiger partial charge in [-0.3, -0.25) is 14.4 Å². The maximum absolute atomic E-state index is 14.1. The molecule has 1 aliphatic heterocycles. The molecule has 10 heteroatoms. The fourth-order valence-electron chi connectivity index (χ4n) is 3.38. The number of hydrogen-bond acceptors (Lipinski definition) is 6. The quantitative estimate of drug-likeness (QED) is 0.663. The lowest BCUT2D eigenvalue weighted by Gasteiger charge is -2.17. The molecule has 0 spiro atoms. The van der Waals surface area contributed by atoms with E-state index in [-0.39, 0.29) is 46.6 Å². The molecule has 2 N–H and O–H groups in total. The molecule has 1 saturated heterocycles. The van der Waals surface area contributed by atoms with E-state index < -0.39 is 29.5 Å². The van der Waals surface area contributed by atoms with E-state index in [1.54, 1.807) is 19.9 Å². The first-order chi connectivity index (χ1) is 14.8. The second-order valence-electron chi connectivity index (χ2n) is 6.91. The smallest absolute Gasteiger partial charge is 0.341 e. The van der Waals surface area contributed by atoms with Crippen LogP contribution in [0, 0.1) is 18.7 Å². The molecule has 3 rings (SSSR count). The highest BCUT2D eigenvalue weighted by molar-refractivity contribution is 7.18. The Labute approximate surface area is 182 Å². The van der Waals surface area contributed by atoms with Crippen molar-refractivity contribution >= 4 is 45.7 Å². The highest BCUT2D eigenvalue weighted by atomic mass is 32.1. The minimum Gasteiger partial charge on any atom is -0.462 e. The molecule has 1 aromatic heterocycles. The molecule has 1 aromatic carbocycles. The Morgan fingerprint density at radius 2 is 2.00 bits per heavy atom. The standard InChI is InChI=1S/C21H22FN3O5S/c1-4-30-21(29)16-11(2)17(19(28)23-3)31-20(16)24-18(27)12-9-15(26)25(10-12)14-8-6-5-7-13(14)22/h5-8,12H,4,9-10H2,1-3H3,(H,23,28)(H,24,27)/t12-/m1/s1. The molecule has 0 aliphatic carbocycles. The topological polar surface area (TPSA) is 105 Å². The molecule has 1 fully saturated rings. The number of hydrogen-bond donors (Lipinski definition) is 2. The van der Waals surface area contributed by atoms with Gasteiger partial charge in [-0.1, -0.05) is 12.1 Å². The summed E-state index contributed by atoms with van der Waals surface area (Å²) in [6.07, 6.45) is -0.0957. The van der Waals surface area contributed by atoms with Gasteiger partial charge < -0.3 is 20.3 Å². The summed E-state index contributed by atoms with van der Waals surface area (Å²) in [6, 6.07) is 5.85. The van der Waals surface area contributed by atoms with Gasteiger partial charge in [0, 0.05) is 20.0 Å². The molecule has 1 aliphatic rings. The van der Waals surface area contributed by atoms with E-state index in [0.29, 0.717) is 5.56 Å². The largest absolute Gasteiger partial charge is 0.462 e. The number of halogens is 1. The predicted octanol–water partition coefficient (Wildman–Crippen LogP) is 2.72. The van der Waals surface area contributed by atoms with E-state index in [9.17, 15) is 23.6 Å². The summed E-state index contributed by atoms with van der Waals surface area (Å²) in [4.78, 5) is 51.4. The van der Waals surface area contributed by atoms with Gasteiger partial charge in [0.05, 0.1) is 28.7 Å². The van der Waals surface area contributed by atoms with Crippen molar-refractivity contribution in [2.75, 3.05) is 30.4 Å². The van der Waals surface area contributed by atoms with Crippen LogP contribution in [0.2, 0.25) is 0 Å². The Bertz CT molecular complexity index is 1050. The van der Waals surface area contributed by atoms with Gasteiger partial charge in [-0.2, -0.15) is 0 Å². The Morgan fingerprint density at radius 3 is 2.65 bits per heavy atom. The highest BCUT2D eigenvalue weighted by Crippen LogP contribution is 2.35. The van der Waals surface area contributed by atoms with Crippen LogP contribution in [0.25, 0.3) is 0 Å². The SMILES string of the molecule is CCOC(=O)c1c(NC(=O)[C@@H]2CC(=O)N(c3ccccc3F)C2)sc(C(=O)NC)c1C. The van der Waals surface area contributed by atoms with Crippen LogP contribution in [-0.2, 0) is 14.3 Å². The summed E-state index contributed by atoms with van der Waals surface area (Å²) in [6.45, 7) is 3.39. The fraction of sp³-hybridized carbons (Fsp3) is 0.333. The normalized spacial score (nSPS) is 15.7. The molecular formula is C21H22FN3O5S. The number of anilines is 2. The summed E-state index contributed by atoms with van der Waals surface area (Å²) in [7, 11) is 1.46. The fourth-order valence-corrected chi connectivity index (χ4v) is 4.53. The molecule has 2 heterocycles. The van der Waals surface area contributed by atoms with E-state index in [1.807, 2.05) is 0 Å². The number of nitrogens with zero attached hydrogens (tertiary/aromatic N) is 1. The second-order valence-corrected chi connectivity index (χ2v) is 7.93. The molecule has 0 saturated carbocycles. The van der Waals surface area contributed by atoms with Crippen LogP contribution in [-0.4, -0.2) is 43.9 Å². The third kappa shape index (κ3) is 4.43. The van der Waals surface area contributed by atoms with Crippen LogP contribution >= 0.6 is 11.3 Å². The average Bonchev–Trinajstić information content (AvgIpc) is 3.28. The van der Waals surface area contributed by atoms with Crippen molar-refractivity contribution in [1.29, 1.82) is 0 Å². The second kappa shape index (κ2) is 9.25. The lowest BCUT2D eigenvalue weighted by molar-refractivity contribution is -0.122. The maximum Gasteiger partial charge on any atom is 0.341 e. The summed E-state index contributed by atoms with van der Waals surface area (Å²) in [5, 5.41) is 5.34. The minimum absolute atomic E-state index is 0.00694. The van der Waals surface area contributed by atoms with Gasteiger partial charge in [-0.25, -0.2) is 9.18 Å². The van der Waals surface area contributed by atoms with Crippen molar-refractivity contribution in [2.45, 2.75) is 20.3 Å². The van der Waals surface area contributed by atoms with Gasteiger partial charge in [0.2, 0.25) is 11.8 Å². The van der Waals surface area contributed by atoms with Crippen LogP contribution in [0.5, 0.6) is 0 Å². The number of amides is 3. The van der Waals surface area contributed by atoms with E-state index in [4.69, 9.17) is 4.74 Å². The number of para-hydroxylation sites is 1. The number of rotatable bonds is 6. The zero-order chi connectivity index (χ0) is 22.7. The van der Waals surface area contributed by atoms with Crippen LogP contribution in [0.3, 0.4) is 0 Å². The molecule has 31 heavy (non-hydrogen) atoms. The Morgan fingerprint density at radius 1 is 1.29 bits per heavy atom. The minimum atomic E-state index is -0.743. The number of ether oxygens (including phenoxy) is 1.